The lowest BCUT2D eigenvalue weighted by atomic mass is 9.82. The highest BCUT2D eigenvalue weighted by molar-refractivity contribution is 5.87. The summed E-state index contributed by atoms with van der Waals surface area (Å²) < 4.78 is 0. The average Bonchev–Trinajstić information content (AvgIpc) is 2.23. The molecule has 1 aliphatic rings. The van der Waals surface area contributed by atoms with Crippen molar-refractivity contribution in [1.29, 1.82) is 0 Å². The van der Waals surface area contributed by atoms with Gasteiger partial charge in [0.15, 0.2) is 0 Å². The van der Waals surface area contributed by atoms with Gasteiger partial charge in [-0.3, -0.25) is 4.79 Å². The van der Waals surface area contributed by atoms with Crippen LogP contribution in [0, 0.1) is 0 Å². The Morgan fingerprint density at radius 1 is 1.43 bits per heavy atom. The molecule has 0 aliphatic heterocycles. The fourth-order valence-electron chi connectivity index (χ4n) is 2.04. The molecule has 0 saturated carbocycles. The van der Waals surface area contributed by atoms with Crippen molar-refractivity contribution in [2.24, 2.45) is 0 Å². The fourth-order valence-corrected chi connectivity index (χ4v) is 2.04. The van der Waals surface area contributed by atoms with E-state index in [1.54, 1.807) is 0 Å². The zero-order valence-electron chi connectivity index (χ0n) is 8.42. The van der Waals surface area contributed by atoms with Crippen LogP contribution in [0.3, 0.4) is 0 Å². The normalized spacial score (nSPS) is 20.4. The lowest BCUT2D eigenvalue weighted by Gasteiger charge is -2.21. The van der Waals surface area contributed by atoms with Crippen LogP contribution in [-0.2, 0) is 11.2 Å². The second-order valence-corrected chi connectivity index (χ2v) is 3.85. The highest BCUT2D eigenvalue weighted by Gasteiger charge is 2.23. The average molecular weight is 186 g/mol. The number of ketones is 1. The van der Waals surface area contributed by atoms with Gasteiger partial charge in [-0.1, -0.05) is 37.8 Å². The summed E-state index contributed by atoms with van der Waals surface area (Å²) in [5, 5.41) is 0. The third-order valence-corrected chi connectivity index (χ3v) is 2.99. The Kier molecular flexibility index (Phi) is 2.24. The number of carbonyl (C=O) groups excluding carboxylic acids is 1. The zero-order valence-corrected chi connectivity index (χ0v) is 8.42. The van der Waals surface area contributed by atoms with Gasteiger partial charge in [0, 0.05) is 12.3 Å². The number of rotatable bonds is 1. The number of Topliss-reactive ketones (excluding diaryl/α,β-unsaturated/α-hetero) is 1. The Hall–Kier alpha value is -1.37. The van der Waals surface area contributed by atoms with E-state index < -0.39 is 0 Å². The van der Waals surface area contributed by atoms with E-state index in [-0.39, 0.29) is 5.92 Å². The number of aryl methyl sites for hydroxylation is 1. The van der Waals surface area contributed by atoms with E-state index in [0.717, 1.165) is 12.0 Å². The molecule has 1 atom stereocenters. The largest absolute Gasteiger partial charge is 0.299 e. The second-order valence-electron chi connectivity index (χ2n) is 3.85. The number of hydrogen-bond acceptors (Lipinski definition) is 1. The molecule has 1 unspecified atom stereocenters. The van der Waals surface area contributed by atoms with Gasteiger partial charge in [-0.2, -0.15) is 0 Å². The molecular formula is C13H14O. The van der Waals surface area contributed by atoms with Crippen molar-refractivity contribution in [3.8, 4) is 0 Å². The summed E-state index contributed by atoms with van der Waals surface area (Å²) in [5.41, 5.74) is 3.66. The maximum Gasteiger partial charge on any atom is 0.140 e. The van der Waals surface area contributed by atoms with Gasteiger partial charge in [0.1, 0.15) is 5.78 Å². The first-order valence-corrected chi connectivity index (χ1v) is 5.00. The number of fused-ring (bicyclic) bond motifs is 1. The molecule has 1 aromatic carbocycles. The standard InChI is InChI=1S/C13H14O/c1-3-10-4-6-12-9(2)13(14)7-5-11(12)8-10/h3-4,6,8-9H,1,5,7H2,2H3. The molecule has 0 spiro atoms. The van der Waals surface area contributed by atoms with E-state index in [4.69, 9.17) is 0 Å². The molecule has 2 rings (SSSR count). The molecule has 1 nitrogen and oxygen atoms in total. The summed E-state index contributed by atoms with van der Waals surface area (Å²) in [6.45, 7) is 5.74. The summed E-state index contributed by atoms with van der Waals surface area (Å²) in [7, 11) is 0. The second kappa shape index (κ2) is 3.41. The summed E-state index contributed by atoms with van der Waals surface area (Å²) in [5.74, 6) is 0.446. The van der Waals surface area contributed by atoms with E-state index in [9.17, 15) is 4.79 Å². The molecule has 0 heterocycles. The predicted octanol–water partition coefficient (Wildman–Crippen LogP) is 2.95. The molecule has 1 aromatic rings. The zero-order chi connectivity index (χ0) is 10.1. The maximum atomic E-state index is 11.5. The highest BCUT2D eigenvalue weighted by atomic mass is 16.1. The van der Waals surface area contributed by atoms with Crippen LogP contribution in [-0.4, -0.2) is 5.78 Å². The maximum absolute atomic E-state index is 11.5. The van der Waals surface area contributed by atoms with Crippen molar-refractivity contribution in [2.45, 2.75) is 25.7 Å². The summed E-state index contributed by atoms with van der Waals surface area (Å²) in [6, 6.07) is 6.24. The van der Waals surface area contributed by atoms with Crippen LogP contribution in [0.5, 0.6) is 0 Å². The van der Waals surface area contributed by atoms with Gasteiger partial charge >= 0.3 is 0 Å². The van der Waals surface area contributed by atoms with E-state index in [2.05, 4.69) is 18.7 Å². The summed E-state index contributed by atoms with van der Waals surface area (Å²) >= 11 is 0. The third-order valence-electron chi connectivity index (χ3n) is 2.99. The lowest BCUT2D eigenvalue weighted by Crippen LogP contribution is -2.17. The monoisotopic (exact) mass is 186 g/mol. The van der Waals surface area contributed by atoms with Crippen molar-refractivity contribution in [3.05, 3.63) is 41.5 Å². The van der Waals surface area contributed by atoms with E-state index in [1.807, 2.05) is 19.1 Å². The minimum Gasteiger partial charge on any atom is -0.299 e. The van der Waals surface area contributed by atoms with Crippen LogP contribution in [0.2, 0.25) is 0 Å². The first kappa shape index (κ1) is 9.20. The molecule has 1 heteroatoms. The van der Waals surface area contributed by atoms with Gasteiger partial charge in [0.05, 0.1) is 0 Å². The van der Waals surface area contributed by atoms with Crippen LogP contribution >= 0.6 is 0 Å². The molecule has 1 aliphatic carbocycles. The van der Waals surface area contributed by atoms with Crippen LogP contribution in [0.1, 0.15) is 36.0 Å². The van der Waals surface area contributed by atoms with Gasteiger partial charge in [-0.05, 0) is 23.1 Å². The van der Waals surface area contributed by atoms with Crippen molar-refractivity contribution in [2.75, 3.05) is 0 Å². The van der Waals surface area contributed by atoms with Crippen LogP contribution < -0.4 is 0 Å². The van der Waals surface area contributed by atoms with Crippen LogP contribution in [0.4, 0.5) is 0 Å². The first-order chi connectivity index (χ1) is 6.72. The molecule has 0 aromatic heterocycles. The van der Waals surface area contributed by atoms with Crippen molar-refractivity contribution < 1.29 is 4.79 Å². The molecule has 0 bridgehead atoms. The molecular weight excluding hydrogens is 172 g/mol. The molecule has 14 heavy (non-hydrogen) atoms. The highest BCUT2D eigenvalue weighted by Crippen LogP contribution is 2.29. The summed E-state index contributed by atoms with van der Waals surface area (Å²) in [4.78, 5) is 11.5. The van der Waals surface area contributed by atoms with Gasteiger partial charge in [-0.15, -0.1) is 0 Å². The Labute approximate surface area is 84.5 Å². The fraction of sp³-hybridized carbons (Fsp3) is 0.308. The van der Waals surface area contributed by atoms with Gasteiger partial charge in [-0.25, -0.2) is 0 Å². The molecule has 0 fully saturated rings. The predicted molar refractivity (Wildman–Crippen MR) is 58.3 cm³/mol. The Morgan fingerprint density at radius 3 is 2.93 bits per heavy atom. The minimum atomic E-state index is 0.0811. The molecule has 0 radical (unpaired) electrons. The Morgan fingerprint density at radius 2 is 2.21 bits per heavy atom. The van der Waals surface area contributed by atoms with Crippen molar-refractivity contribution >= 4 is 11.9 Å². The quantitative estimate of drug-likeness (QED) is 0.659. The SMILES string of the molecule is C=Cc1ccc2c(c1)CCC(=O)C2C. The van der Waals surface area contributed by atoms with Crippen LogP contribution in [0.15, 0.2) is 24.8 Å². The van der Waals surface area contributed by atoms with Gasteiger partial charge < -0.3 is 0 Å². The van der Waals surface area contributed by atoms with Gasteiger partial charge in [0.2, 0.25) is 0 Å². The number of benzene rings is 1. The summed E-state index contributed by atoms with van der Waals surface area (Å²) in [6.07, 6.45) is 3.43. The van der Waals surface area contributed by atoms with Crippen LogP contribution in [0.25, 0.3) is 6.08 Å². The van der Waals surface area contributed by atoms with Gasteiger partial charge in [0.25, 0.3) is 0 Å². The molecule has 72 valence electrons. The van der Waals surface area contributed by atoms with E-state index in [0.29, 0.717) is 12.2 Å². The first-order valence-electron chi connectivity index (χ1n) is 5.00. The lowest BCUT2D eigenvalue weighted by molar-refractivity contribution is -0.120. The number of hydrogen-bond donors (Lipinski definition) is 0. The third kappa shape index (κ3) is 1.39. The Bertz CT molecular complexity index is 390. The molecule has 0 amide bonds. The number of carbonyl (C=O) groups is 1. The smallest absolute Gasteiger partial charge is 0.140 e. The molecule has 0 N–H and O–H groups in total. The minimum absolute atomic E-state index is 0.0811. The van der Waals surface area contributed by atoms with E-state index in [1.165, 1.54) is 11.1 Å². The topological polar surface area (TPSA) is 17.1 Å². The van der Waals surface area contributed by atoms with Crippen molar-refractivity contribution in [3.63, 3.8) is 0 Å². The van der Waals surface area contributed by atoms with E-state index >= 15 is 0 Å². The van der Waals surface area contributed by atoms with Crippen molar-refractivity contribution in [1.82, 2.24) is 0 Å². The molecule has 0 saturated heterocycles. The Balaban J connectivity index is 2.48.